The minimum Gasteiger partial charge on any atom is -0.418 e. The van der Waals surface area contributed by atoms with E-state index in [4.69, 9.17) is 0 Å². The maximum atomic E-state index is 9.75. The lowest BCUT2D eigenvalue weighted by Crippen LogP contribution is -2.02. The van der Waals surface area contributed by atoms with Crippen molar-refractivity contribution in [2.24, 2.45) is 0 Å². The Bertz CT molecular complexity index is 286. The van der Waals surface area contributed by atoms with Gasteiger partial charge in [0.25, 0.3) is 0 Å². The van der Waals surface area contributed by atoms with Gasteiger partial charge in [-0.3, -0.25) is 0 Å². The van der Waals surface area contributed by atoms with Gasteiger partial charge in [-0.25, -0.2) is 0 Å². The molecule has 6 heteroatoms. The molecule has 1 aromatic rings. The van der Waals surface area contributed by atoms with Gasteiger partial charge in [0.1, 0.15) is 0 Å². The quantitative estimate of drug-likeness (QED) is 0.417. The van der Waals surface area contributed by atoms with Gasteiger partial charge in [0.15, 0.2) is 0 Å². The van der Waals surface area contributed by atoms with Gasteiger partial charge in [-0.2, -0.15) is 0 Å². The van der Waals surface area contributed by atoms with E-state index in [0.29, 0.717) is 0 Å². The predicted molar refractivity (Wildman–Crippen MR) is 65.0 cm³/mol. The van der Waals surface area contributed by atoms with Gasteiger partial charge in [-0.15, -0.1) is 0 Å². The number of rotatable bonds is 2. The van der Waals surface area contributed by atoms with Crippen LogP contribution in [0.1, 0.15) is 5.56 Å². The second kappa shape index (κ2) is 6.24. The van der Waals surface area contributed by atoms with Gasteiger partial charge in [0.05, 0.1) is 6.16 Å². The van der Waals surface area contributed by atoms with Crippen LogP contribution < -0.4 is 0 Å². The van der Waals surface area contributed by atoms with E-state index in [1.807, 2.05) is 0 Å². The molecule has 0 bridgehead atoms. The largest absolute Gasteiger partial charge is 0.673 e. The summed E-state index contributed by atoms with van der Waals surface area (Å²) in [7, 11) is -6.64. The third-order valence-electron chi connectivity index (χ3n) is 1.50. The highest BCUT2D eigenvalue weighted by Gasteiger charge is 2.20. The Labute approximate surface area is 94.5 Å². The second-order valence-corrected chi connectivity index (χ2v) is 9.33. The summed E-state index contributed by atoms with van der Waals surface area (Å²) >= 11 is 0. The zero-order valence-electron chi connectivity index (χ0n) is 9.63. The summed E-state index contributed by atoms with van der Waals surface area (Å²) < 4.78 is 39.0. The number of hydrogen-bond acceptors (Lipinski definition) is 0. The van der Waals surface area contributed by atoms with Crippen molar-refractivity contribution in [3.63, 3.8) is 0 Å². The average molecular weight is 254 g/mol. The molecule has 0 saturated heterocycles. The third-order valence-corrected chi connectivity index (χ3v) is 2.81. The van der Waals surface area contributed by atoms with Crippen molar-refractivity contribution in [3.05, 3.63) is 35.9 Å². The maximum absolute atomic E-state index is 9.75. The molecule has 0 spiro atoms. The van der Waals surface area contributed by atoms with Gasteiger partial charge in [-0.05, 0) is 5.56 Å². The van der Waals surface area contributed by atoms with Crippen molar-refractivity contribution in [3.8, 4) is 0 Å². The molecule has 0 saturated carbocycles. The zero-order valence-corrected chi connectivity index (χ0v) is 10.5. The smallest absolute Gasteiger partial charge is 0.418 e. The van der Waals surface area contributed by atoms with Crippen LogP contribution in [-0.4, -0.2) is 27.2 Å². The van der Waals surface area contributed by atoms with E-state index < -0.39 is 14.5 Å². The summed E-state index contributed by atoms with van der Waals surface area (Å²) in [5.41, 5.74) is 1.48. The van der Waals surface area contributed by atoms with E-state index in [1.54, 1.807) is 0 Å². The fourth-order valence-electron chi connectivity index (χ4n) is 1.13. The highest BCUT2D eigenvalue weighted by molar-refractivity contribution is 7.72. The molecule has 0 aromatic heterocycles. The third kappa shape index (κ3) is 13.4. The Morgan fingerprint density at radius 1 is 0.938 bits per heavy atom. The second-order valence-electron chi connectivity index (χ2n) is 4.43. The van der Waals surface area contributed by atoms with Crippen molar-refractivity contribution in [2.45, 2.75) is 6.16 Å². The minimum absolute atomic E-state index is 0.638. The van der Waals surface area contributed by atoms with Crippen molar-refractivity contribution in [1.82, 2.24) is 0 Å². The molecule has 0 aliphatic heterocycles. The Balaban J connectivity index is 0.000000385. The molecule has 0 heterocycles. The van der Waals surface area contributed by atoms with Gasteiger partial charge < -0.3 is 17.3 Å². The number of hydrogen-bond donors (Lipinski definition) is 0. The van der Waals surface area contributed by atoms with Crippen LogP contribution in [0.15, 0.2) is 30.3 Å². The number of halogens is 4. The van der Waals surface area contributed by atoms with Gasteiger partial charge in [0.2, 0.25) is 0 Å². The van der Waals surface area contributed by atoms with E-state index in [1.165, 1.54) is 11.7 Å². The van der Waals surface area contributed by atoms with Crippen LogP contribution in [-0.2, 0) is 6.16 Å². The molecule has 0 fully saturated rings. The lowest BCUT2D eigenvalue weighted by Gasteiger charge is -2.10. The predicted octanol–water partition coefficient (Wildman–Crippen LogP) is 4.39. The Kier molecular flexibility index (Phi) is 6.02. The maximum Gasteiger partial charge on any atom is 0.673 e. The van der Waals surface area contributed by atoms with E-state index in [2.05, 4.69) is 50.3 Å². The fourth-order valence-corrected chi connectivity index (χ4v) is 2.44. The highest BCUT2D eigenvalue weighted by atomic mass is 31.2. The molecule has 16 heavy (non-hydrogen) atoms. The highest BCUT2D eigenvalue weighted by Crippen LogP contribution is 2.49. The van der Waals surface area contributed by atoms with E-state index in [0.717, 1.165) is 0 Å². The van der Waals surface area contributed by atoms with Crippen LogP contribution in [0.4, 0.5) is 17.3 Å². The molecule has 1 aromatic carbocycles. The molecule has 0 unspecified atom stereocenters. The SMILES string of the molecule is C[P+](C)(C)Cc1ccccc1.F[B-](F)(F)F. The zero-order chi connectivity index (χ0) is 12.8. The molecule has 92 valence electrons. The normalized spacial score (nSPS) is 11.7. The standard InChI is InChI=1S/C10H16P.BF4/c1-11(2,3)9-10-7-5-4-6-8-10;2-1(3,4)5/h4-8H,9H2,1-3H3;/q+1;-1. The molecule has 0 radical (unpaired) electrons. The van der Waals surface area contributed by atoms with Crippen molar-refractivity contribution < 1.29 is 17.3 Å². The molecule has 0 aliphatic carbocycles. The Hall–Kier alpha value is -0.565. The monoisotopic (exact) mass is 254 g/mol. The van der Waals surface area contributed by atoms with Crippen LogP contribution in [0.2, 0.25) is 0 Å². The molecule has 0 amide bonds. The lowest BCUT2D eigenvalue weighted by atomic mass is 10.2. The van der Waals surface area contributed by atoms with Crippen molar-refractivity contribution in [1.29, 1.82) is 0 Å². The fraction of sp³-hybridized carbons (Fsp3) is 0.400. The summed E-state index contributed by atoms with van der Waals surface area (Å²) in [6.45, 7) is 7.12. The summed E-state index contributed by atoms with van der Waals surface area (Å²) in [5.74, 6) is 0. The molecular formula is C10H16BF4P. The van der Waals surface area contributed by atoms with E-state index >= 15 is 0 Å². The molecular weight excluding hydrogens is 238 g/mol. The molecule has 1 rings (SSSR count). The van der Waals surface area contributed by atoms with Crippen LogP contribution in [0.25, 0.3) is 0 Å². The van der Waals surface area contributed by atoms with Gasteiger partial charge in [0, 0.05) is 27.3 Å². The number of benzene rings is 1. The van der Waals surface area contributed by atoms with E-state index in [-0.39, 0.29) is 0 Å². The molecule has 0 N–H and O–H groups in total. The Morgan fingerprint density at radius 2 is 1.31 bits per heavy atom. The first kappa shape index (κ1) is 15.4. The summed E-state index contributed by atoms with van der Waals surface area (Å²) in [4.78, 5) is 0. The average Bonchev–Trinajstić information content (AvgIpc) is 1.99. The van der Waals surface area contributed by atoms with Gasteiger partial charge >= 0.3 is 7.25 Å². The van der Waals surface area contributed by atoms with Crippen LogP contribution in [0, 0.1) is 0 Å². The van der Waals surface area contributed by atoms with E-state index in [9.17, 15) is 17.3 Å². The van der Waals surface area contributed by atoms with Crippen LogP contribution >= 0.6 is 7.26 Å². The first-order valence-electron chi connectivity index (χ1n) is 4.79. The van der Waals surface area contributed by atoms with Crippen LogP contribution in [0.5, 0.6) is 0 Å². The Morgan fingerprint density at radius 3 is 1.62 bits per heavy atom. The molecule has 0 aliphatic rings. The van der Waals surface area contributed by atoms with Crippen LogP contribution in [0.3, 0.4) is 0 Å². The molecule has 0 nitrogen and oxygen atoms in total. The first-order valence-corrected chi connectivity index (χ1v) is 8.11. The summed E-state index contributed by atoms with van der Waals surface area (Å²) in [5, 5.41) is 0. The summed E-state index contributed by atoms with van der Waals surface area (Å²) in [6, 6.07) is 10.7. The lowest BCUT2D eigenvalue weighted by molar-refractivity contribution is 0.368. The topological polar surface area (TPSA) is 0 Å². The first-order chi connectivity index (χ1) is 7.08. The van der Waals surface area contributed by atoms with Gasteiger partial charge in [-0.1, -0.05) is 30.3 Å². The van der Waals surface area contributed by atoms with Crippen molar-refractivity contribution >= 4 is 14.5 Å². The minimum atomic E-state index is -6.00. The molecule has 0 atom stereocenters. The summed E-state index contributed by atoms with van der Waals surface area (Å²) in [6.07, 6.45) is 1.27. The van der Waals surface area contributed by atoms with Crippen molar-refractivity contribution in [2.75, 3.05) is 20.0 Å².